The van der Waals surface area contributed by atoms with Gasteiger partial charge in [0.05, 0.1) is 0 Å². The molecule has 0 aliphatic rings. The van der Waals surface area contributed by atoms with Crippen molar-refractivity contribution >= 4 is 12.0 Å². The molecule has 15 heavy (non-hydrogen) atoms. The smallest absolute Gasteiger partial charge is 0.450 e. The molecule has 8 heteroatoms. The quantitative estimate of drug-likeness (QED) is 0.452. The average molecular weight is 215 g/mol. The Morgan fingerprint density at radius 2 is 2.47 bits per heavy atom. The zero-order valence-corrected chi connectivity index (χ0v) is 7.91. The Bertz CT molecular complexity index is 386. The van der Waals surface area contributed by atoms with Crippen molar-refractivity contribution in [1.82, 2.24) is 9.55 Å². The number of nitrogens with zero attached hydrogens (tertiary/aromatic N) is 3. The van der Waals surface area contributed by atoms with Crippen LogP contribution >= 0.6 is 0 Å². The summed E-state index contributed by atoms with van der Waals surface area (Å²) in [7, 11) is 0. The summed E-state index contributed by atoms with van der Waals surface area (Å²) in [6.07, 6.45) is -0.286. The lowest BCUT2D eigenvalue weighted by Gasteiger charge is -2.02. The summed E-state index contributed by atoms with van der Waals surface area (Å²) < 4.78 is 5.53. The van der Waals surface area contributed by atoms with Crippen LogP contribution in [-0.2, 0) is 11.3 Å². The molecule has 0 aliphatic heterocycles. The SMILES string of the molecule is Cc1ncc([N+](=O)[O-])n1CCOC(=O)O. The molecule has 0 aliphatic carbocycles. The van der Waals surface area contributed by atoms with Gasteiger partial charge in [-0.15, -0.1) is 0 Å². The molecule has 82 valence electrons. The predicted molar refractivity (Wildman–Crippen MR) is 47.6 cm³/mol. The van der Waals surface area contributed by atoms with E-state index in [9.17, 15) is 14.9 Å². The van der Waals surface area contributed by atoms with Gasteiger partial charge in [0, 0.05) is 6.92 Å². The summed E-state index contributed by atoms with van der Waals surface area (Å²) >= 11 is 0. The van der Waals surface area contributed by atoms with Crippen LogP contribution in [0.4, 0.5) is 10.6 Å². The minimum Gasteiger partial charge on any atom is -0.450 e. The van der Waals surface area contributed by atoms with Crippen LogP contribution in [0.5, 0.6) is 0 Å². The summed E-state index contributed by atoms with van der Waals surface area (Å²) in [5.74, 6) is 0.261. The van der Waals surface area contributed by atoms with Gasteiger partial charge in [-0.3, -0.25) is 0 Å². The van der Waals surface area contributed by atoms with Gasteiger partial charge in [0.25, 0.3) is 0 Å². The maximum absolute atomic E-state index is 10.5. The molecule has 1 N–H and O–H groups in total. The normalized spacial score (nSPS) is 9.93. The average Bonchev–Trinajstić information content (AvgIpc) is 2.47. The van der Waals surface area contributed by atoms with E-state index in [0.29, 0.717) is 5.82 Å². The van der Waals surface area contributed by atoms with E-state index in [1.165, 1.54) is 4.57 Å². The first-order valence-electron chi connectivity index (χ1n) is 4.04. The number of carboxylic acid groups (broad SMARTS) is 1. The molecule has 1 aromatic rings. The summed E-state index contributed by atoms with van der Waals surface area (Å²) in [4.78, 5) is 23.7. The van der Waals surface area contributed by atoms with E-state index in [2.05, 4.69) is 9.72 Å². The summed E-state index contributed by atoms with van der Waals surface area (Å²) in [5.41, 5.74) is 0. The van der Waals surface area contributed by atoms with Gasteiger partial charge in [0.1, 0.15) is 19.3 Å². The van der Waals surface area contributed by atoms with E-state index in [0.717, 1.165) is 6.20 Å². The first kappa shape index (κ1) is 11.0. The van der Waals surface area contributed by atoms with Crippen molar-refractivity contribution in [2.45, 2.75) is 13.5 Å². The molecule has 0 radical (unpaired) electrons. The van der Waals surface area contributed by atoms with Crippen LogP contribution in [-0.4, -0.2) is 32.3 Å². The van der Waals surface area contributed by atoms with Crippen molar-refractivity contribution in [2.75, 3.05) is 6.61 Å². The zero-order chi connectivity index (χ0) is 11.4. The number of hydrogen-bond donors (Lipinski definition) is 1. The Hall–Kier alpha value is -2.12. The van der Waals surface area contributed by atoms with Gasteiger partial charge in [-0.25, -0.2) is 14.3 Å². The monoisotopic (exact) mass is 215 g/mol. The number of nitro groups is 1. The van der Waals surface area contributed by atoms with E-state index in [4.69, 9.17) is 5.11 Å². The third-order valence-corrected chi connectivity index (χ3v) is 1.76. The fourth-order valence-corrected chi connectivity index (χ4v) is 1.10. The van der Waals surface area contributed by atoms with Gasteiger partial charge in [-0.1, -0.05) is 0 Å². The van der Waals surface area contributed by atoms with Gasteiger partial charge in [-0.2, -0.15) is 0 Å². The largest absolute Gasteiger partial charge is 0.505 e. The number of imidazole rings is 1. The molecule has 1 rings (SSSR count). The van der Waals surface area contributed by atoms with Crippen LogP contribution in [0.25, 0.3) is 0 Å². The third kappa shape index (κ3) is 2.66. The Labute approximate surface area is 84.3 Å². The Kier molecular flexibility index (Phi) is 3.21. The van der Waals surface area contributed by atoms with Crippen LogP contribution in [0.15, 0.2) is 6.20 Å². The molecule has 0 spiro atoms. The molecular formula is C7H9N3O5. The van der Waals surface area contributed by atoms with Crippen LogP contribution < -0.4 is 0 Å². The summed E-state index contributed by atoms with van der Waals surface area (Å²) in [6, 6.07) is 0. The lowest BCUT2D eigenvalue weighted by atomic mass is 10.6. The minimum absolute atomic E-state index is 0.0778. The maximum atomic E-state index is 10.5. The van der Waals surface area contributed by atoms with Crippen molar-refractivity contribution in [2.24, 2.45) is 0 Å². The van der Waals surface area contributed by atoms with Crippen LogP contribution in [0.2, 0.25) is 0 Å². The standard InChI is InChI=1S/C7H9N3O5/c1-5-8-4-6(10(13)14)9(5)2-3-15-7(11)12/h4H,2-3H2,1H3,(H,11,12). The third-order valence-electron chi connectivity index (χ3n) is 1.76. The maximum Gasteiger partial charge on any atom is 0.505 e. The lowest BCUT2D eigenvalue weighted by molar-refractivity contribution is -0.392. The van der Waals surface area contributed by atoms with Crippen molar-refractivity contribution in [3.8, 4) is 0 Å². The number of aryl methyl sites for hydroxylation is 1. The lowest BCUT2D eigenvalue weighted by Crippen LogP contribution is -2.12. The second-order valence-corrected chi connectivity index (χ2v) is 2.69. The molecular weight excluding hydrogens is 206 g/mol. The van der Waals surface area contributed by atoms with Crippen molar-refractivity contribution in [1.29, 1.82) is 0 Å². The molecule has 0 bridgehead atoms. The topological polar surface area (TPSA) is 107 Å². The molecule has 1 heterocycles. The highest BCUT2D eigenvalue weighted by molar-refractivity contribution is 5.56. The zero-order valence-electron chi connectivity index (χ0n) is 7.91. The molecule has 1 aromatic heterocycles. The predicted octanol–water partition coefficient (Wildman–Crippen LogP) is 0.794. The summed E-state index contributed by atoms with van der Waals surface area (Å²) in [5, 5.41) is 18.7. The van der Waals surface area contributed by atoms with E-state index in [-0.39, 0.29) is 19.0 Å². The van der Waals surface area contributed by atoms with Gasteiger partial charge in [0.15, 0.2) is 5.82 Å². The number of rotatable bonds is 4. The highest BCUT2D eigenvalue weighted by Crippen LogP contribution is 2.12. The van der Waals surface area contributed by atoms with Gasteiger partial charge in [-0.05, 0) is 4.92 Å². The molecule has 0 amide bonds. The van der Waals surface area contributed by atoms with Crippen LogP contribution in [0.3, 0.4) is 0 Å². The van der Waals surface area contributed by atoms with Gasteiger partial charge < -0.3 is 20.0 Å². The molecule has 0 saturated heterocycles. The van der Waals surface area contributed by atoms with E-state index >= 15 is 0 Å². The molecule has 0 fully saturated rings. The van der Waals surface area contributed by atoms with Gasteiger partial charge in [0.2, 0.25) is 0 Å². The van der Waals surface area contributed by atoms with E-state index < -0.39 is 11.1 Å². The van der Waals surface area contributed by atoms with Crippen molar-refractivity contribution < 1.29 is 19.6 Å². The Morgan fingerprint density at radius 1 is 1.80 bits per heavy atom. The van der Waals surface area contributed by atoms with Crippen molar-refractivity contribution in [3.05, 3.63) is 22.1 Å². The van der Waals surface area contributed by atoms with E-state index in [1.807, 2.05) is 0 Å². The fourth-order valence-electron chi connectivity index (χ4n) is 1.10. The second-order valence-electron chi connectivity index (χ2n) is 2.69. The van der Waals surface area contributed by atoms with Crippen LogP contribution in [0, 0.1) is 17.0 Å². The highest BCUT2D eigenvalue weighted by Gasteiger charge is 2.17. The van der Waals surface area contributed by atoms with E-state index in [1.54, 1.807) is 6.92 Å². The highest BCUT2D eigenvalue weighted by atomic mass is 16.7. The molecule has 8 nitrogen and oxygen atoms in total. The number of ether oxygens (including phenoxy) is 1. The van der Waals surface area contributed by atoms with Crippen LogP contribution in [0.1, 0.15) is 5.82 Å². The minimum atomic E-state index is -1.41. The van der Waals surface area contributed by atoms with Gasteiger partial charge >= 0.3 is 12.0 Å². The first-order valence-corrected chi connectivity index (χ1v) is 4.04. The molecule has 0 unspecified atom stereocenters. The first-order chi connectivity index (χ1) is 7.02. The number of carbonyl (C=O) groups is 1. The second kappa shape index (κ2) is 4.40. The molecule has 0 aromatic carbocycles. The molecule has 0 saturated carbocycles. The Morgan fingerprint density at radius 3 is 3.00 bits per heavy atom. The number of aromatic nitrogens is 2. The number of hydrogen-bond acceptors (Lipinski definition) is 5. The Balaban J connectivity index is 2.70. The molecule has 0 atom stereocenters. The fraction of sp³-hybridized carbons (Fsp3) is 0.429. The summed E-state index contributed by atoms with van der Waals surface area (Å²) in [6.45, 7) is 1.52. The van der Waals surface area contributed by atoms with Crippen molar-refractivity contribution in [3.63, 3.8) is 0 Å².